The number of benzene rings is 1. The Hall–Kier alpha value is -2.73. The fraction of sp³-hybridized carbons (Fsp3) is 0.480. The summed E-state index contributed by atoms with van der Waals surface area (Å²) in [5.74, 6) is 2.51. The normalized spacial score (nSPS) is 19.4. The molecule has 0 bridgehead atoms. The van der Waals surface area contributed by atoms with Crippen LogP contribution in [-0.2, 0) is 0 Å². The number of nitrogens with zero attached hydrogens (tertiary/aromatic N) is 4. The summed E-state index contributed by atoms with van der Waals surface area (Å²) >= 11 is 0. The molecule has 1 fully saturated rings. The molecule has 1 saturated heterocycles. The molecule has 1 aromatic rings. The summed E-state index contributed by atoms with van der Waals surface area (Å²) in [6, 6.07) is 6.67. The summed E-state index contributed by atoms with van der Waals surface area (Å²) in [5, 5.41) is 0. The molecule has 0 aliphatic carbocycles. The first kappa shape index (κ1) is 21.5. The lowest BCUT2D eigenvalue weighted by atomic mass is 10.0. The van der Waals surface area contributed by atoms with Crippen LogP contribution in [0.4, 0.5) is 0 Å². The van der Waals surface area contributed by atoms with Gasteiger partial charge in [-0.05, 0) is 69.3 Å². The third-order valence-corrected chi connectivity index (χ3v) is 6.50. The second-order valence-corrected chi connectivity index (χ2v) is 8.51. The van der Waals surface area contributed by atoms with Gasteiger partial charge >= 0.3 is 0 Å². The van der Waals surface area contributed by atoms with E-state index in [2.05, 4.69) is 54.1 Å². The molecular formula is C25H34N4O2. The lowest BCUT2D eigenvalue weighted by Gasteiger charge is -2.39. The van der Waals surface area contributed by atoms with Crippen LogP contribution >= 0.6 is 0 Å². The first-order chi connectivity index (χ1) is 15.0. The van der Waals surface area contributed by atoms with Gasteiger partial charge in [0.25, 0.3) is 0 Å². The van der Waals surface area contributed by atoms with E-state index in [0.29, 0.717) is 6.04 Å². The Morgan fingerprint density at radius 1 is 1.10 bits per heavy atom. The lowest BCUT2D eigenvalue weighted by molar-refractivity contribution is 0.172. The van der Waals surface area contributed by atoms with Crippen LogP contribution < -0.4 is 9.47 Å². The highest BCUT2D eigenvalue weighted by Crippen LogP contribution is 2.34. The second-order valence-electron chi connectivity index (χ2n) is 8.51. The maximum absolute atomic E-state index is 5.48. The van der Waals surface area contributed by atoms with Crippen molar-refractivity contribution < 1.29 is 9.47 Å². The van der Waals surface area contributed by atoms with Crippen LogP contribution in [0.5, 0.6) is 11.5 Å². The van der Waals surface area contributed by atoms with E-state index in [9.17, 15) is 0 Å². The Morgan fingerprint density at radius 3 is 2.48 bits per heavy atom. The van der Waals surface area contributed by atoms with Crippen LogP contribution in [0.25, 0.3) is 5.70 Å². The number of fused-ring (bicyclic) bond motifs is 1. The van der Waals surface area contributed by atoms with Crippen molar-refractivity contribution in [1.82, 2.24) is 14.7 Å². The summed E-state index contributed by atoms with van der Waals surface area (Å²) in [6.45, 7) is 5.24. The van der Waals surface area contributed by atoms with E-state index < -0.39 is 0 Å². The molecule has 0 atom stereocenters. The van der Waals surface area contributed by atoms with E-state index in [1.807, 2.05) is 18.2 Å². The van der Waals surface area contributed by atoms with Crippen LogP contribution in [0.2, 0.25) is 0 Å². The van der Waals surface area contributed by atoms with Crippen molar-refractivity contribution in [3.8, 4) is 11.5 Å². The number of ether oxygens (including phenoxy) is 2. The van der Waals surface area contributed by atoms with Crippen molar-refractivity contribution in [1.29, 1.82) is 0 Å². The average Bonchev–Trinajstić information content (AvgIpc) is 2.82. The molecule has 0 N–H and O–H groups in total. The van der Waals surface area contributed by atoms with E-state index in [1.165, 1.54) is 24.1 Å². The van der Waals surface area contributed by atoms with Gasteiger partial charge in [0.1, 0.15) is 5.84 Å². The largest absolute Gasteiger partial charge is 0.493 e. The molecule has 31 heavy (non-hydrogen) atoms. The Morgan fingerprint density at radius 2 is 1.84 bits per heavy atom. The molecule has 0 unspecified atom stereocenters. The third-order valence-electron chi connectivity index (χ3n) is 6.50. The van der Waals surface area contributed by atoms with Crippen LogP contribution in [-0.4, -0.2) is 74.5 Å². The minimum Gasteiger partial charge on any atom is -0.493 e. The van der Waals surface area contributed by atoms with Gasteiger partial charge in [-0.15, -0.1) is 0 Å². The van der Waals surface area contributed by atoms with Crippen molar-refractivity contribution in [3.05, 3.63) is 53.4 Å². The molecule has 3 aliphatic rings. The van der Waals surface area contributed by atoms with Crippen molar-refractivity contribution in [2.75, 3.05) is 47.9 Å². The first-order valence-electron chi connectivity index (χ1n) is 11.2. The first-order valence-corrected chi connectivity index (χ1v) is 11.2. The van der Waals surface area contributed by atoms with Crippen molar-refractivity contribution in [2.45, 2.75) is 32.2 Å². The Balaban J connectivity index is 1.55. The van der Waals surface area contributed by atoms with Gasteiger partial charge in [-0.3, -0.25) is 0 Å². The highest BCUT2D eigenvalue weighted by molar-refractivity contribution is 6.04. The van der Waals surface area contributed by atoms with Crippen molar-refractivity contribution in [3.63, 3.8) is 0 Å². The van der Waals surface area contributed by atoms with Crippen LogP contribution in [0.3, 0.4) is 0 Å². The molecular weight excluding hydrogens is 388 g/mol. The number of piperidine rings is 1. The summed E-state index contributed by atoms with van der Waals surface area (Å²) in [7, 11) is 7.70. The Labute approximate surface area is 186 Å². The highest BCUT2D eigenvalue weighted by atomic mass is 16.5. The van der Waals surface area contributed by atoms with Crippen molar-refractivity contribution >= 4 is 11.5 Å². The maximum Gasteiger partial charge on any atom is 0.161 e. The minimum absolute atomic E-state index is 0.689. The number of methoxy groups -OCH3 is 2. The van der Waals surface area contributed by atoms with Gasteiger partial charge in [-0.2, -0.15) is 0 Å². The van der Waals surface area contributed by atoms with Crippen molar-refractivity contribution in [2.24, 2.45) is 4.99 Å². The number of aliphatic imine (C=N–C) groups is 1. The van der Waals surface area contributed by atoms with Crippen LogP contribution in [0.15, 0.2) is 52.8 Å². The predicted octanol–water partition coefficient (Wildman–Crippen LogP) is 3.98. The molecule has 0 radical (unpaired) electrons. The maximum atomic E-state index is 5.48. The Kier molecular flexibility index (Phi) is 6.37. The fourth-order valence-corrected chi connectivity index (χ4v) is 4.56. The van der Waals surface area contributed by atoms with Gasteiger partial charge in [0.05, 0.1) is 25.6 Å². The van der Waals surface area contributed by atoms with Crippen LogP contribution in [0.1, 0.15) is 31.7 Å². The second kappa shape index (κ2) is 9.18. The zero-order chi connectivity index (χ0) is 22.0. The lowest BCUT2D eigenvalue weighted by Crippen LogP contribution is -2.43. The molecule has 0 aromatic heterocycles. The third kappa shape index (κ3) is 4.35. The van der Waals surface area contributed by atoms with E-state index >= 15 is 0 Å². The monoisotopic (exact) mass is 422 g/mol. The number of allylic oxidation sites excluding steroid dienone is 1. The molecule has 0 saturated carbocycles. The summed E-state index contributed by atoms with van der Waals surface area (Å²) < 4.78 is 10.9. The molecule has 0 amide bonds. The predicted molar refractivity (Wildman–Crippen MR) is 126 cm³/mol. The molecule has 4 rings (SSSR count). The van der Waals surface area contributed by atoms with E-state index in [1.54, 1.807) is 14.2 Å². The number of rotatable bonds is 6. The number of hydrogen-bond acceptors (Lipinski definition) is 6. The standard InChI is InChI=1S/C25H34N4O2/c1-6-18-15-21(28-12-9-20(10-13-28)27(2)3)17-29-14-11-22(26-25(18)29)19-7-8-23(30-4)24(16-19)31-5/h7-8,11,15-17,20H,6,9-10,12-14H2,1-5H3. The van der Waals surface area contributed by atoms with Gasteiger partial charge in [0.15, 0.2) is 11.5 Å². The molecule has 6 heteroatoms. The minimum atomic E-state index is 0.689. The zero-order valence-electron chi connectivity index (χ0n) is 19.4. The van der Waals surface area contributed by atoms with E-state index in [0.717, 1.165) is 54.7 Å². The van der Waals surface area contributed by atoms with E-state index in [4.69, 9.17) is 14.5 Å². The Bertz CT molecular complexity index is 937. The summed E-state index contributed by atoms with van der Waals surface area (Å²) in [6.07, 6.45) is 10.2. The highest BCUT2D eigenvalue weighted by Gasteiger charge is 2.27. The quantitative estimate of drug-likeness (QED) is 0.694. The summed E-state index contributed by atoms with van der Waals surface area (Å²) in [4.78, 5) is 12.2. The topological polar surface area (TPSA) is 40.5 Å². The number of likely N-dealkylation sites (tertiary alicyclic amines) is 1. The number of amidine groups is 1. The van der Waals surface area contributed by atoms with Gasteiger partial charge < -0.3 is 24.2 Å². The average molecular weight is 423 g/mol. The fourth-order valence-electron chi connectivity index (χ4n) is 4.56. The van der Waals surface area contributed by atoms with Gasteiger partial charge in [0.2, 0.25) is 0 Å². The van der Waals surface area contributed by atoms with E-state index in [-0.39, 0.29) is 0 Å². The van der Waals surface area contributed by atoms with Gasteiger partial charge in [-0.1, -0.05) is 6.92 Å². The molecule has 6 nitrogen and oxygen atoms in total. The molecule has 0 spiro atoms. The molecule has 3 heterocycles. The van der Waals surface area contributed by atoms with Gasteiger partial charge in [0, 0.05) is 37.4 Å². The zero-order valence-corrected chi connectivity index (χ0v) is 19.4. The number of hydrogen-bond donors (Lipinski definition) is 0. The smallest absolute Gasteiger partial charge is 0.161 e. The molecule has 1 aromatic carbocycles. The van der Waals surface area contributed by atoms with Gasteiger partial charge in [-0.25, -0.2) is 4.99 Å². The molecule has 166 valence electrons. The van der Waals surface area contributed by atoms with Crippen LogP contribution in [0, 0.1) is 0 Å². The summed E-state index contributed by atoms with van der Waals surface area (Å²) in [5.41, 5.74) is 4.63. The SMILES string of the molecule is CCC1=CC(N2CCC(N(C)C)CC2)=CN2CC=C(c3ccc(OC)c(OC)c3)N=C12. The molecule has 3 aliphatic heterocycles.